The maximum Gasteiger partial charge on any atom is 0.335 e. The lowest BCUT2D eigenvalue weighted by molar-refractivity contribution is 0.0697. The van der Waals surface area contributed by atoms with E-state index in [0.717, 1.165) is 24.5 Å². The van der Waals surface area contributed by atoms with E-state index < -0.39 is 5.97 Å². The molecule has 19 heavy (non-hydrogen) atoms. The van der Waals surface area contributed by atoms with Gasteiger partial charge in [0.15, 0.2) is 8.68 Å². The third-order valence-electron chi connectivity index (χ3n) is 2.21. The predicted molar refractivity (Wildman–Crippen MR) is 82.4 cm³/mol. The molecule has 0 spiro atoms. The summed E-state index contributed by atoms with van der Waals surface area (Å²) in [5, 5.41) is 17.0. The van der Waals surface area contributed by atoms with Gasteiger partial charge in [0.25, 0.3) is 0 Å². The van der Waals surface area contributed by atoms with Crippen molar-refractivity contribution in [1.82, 2.24) is 10.2 Å². The van der Waals surface area contributed by atoms with Crippen LogP contribution in [0.5, 0.6) is 0 Å². The smallest absolute Gasteiger partial charge is 0.335 e. The number of rotatable bonds is 5. The van der Waals surface area contributed by atoms with Crippen molar-refractivity contribution in [2.45, 2.75) is 14.4 Å². The van der Waals surface area contributed by atoms with Gasteiger partial charge in [0.05, 0.1) is 5.56 Å². The summed E-state index contributed by atoms with van der Waals surface area (Å²) in [5.41, 5.74) is 1.32. The fourth-order valence-corrected chi connectivity index (χ4v) is 4.42. The number of carbonyl (C=O) groups is 1. The molecule has 2 rings (SSSR count). The molecule has 0 bridgehead atoms. The highest BCUT2D eigenvalue weighted by molar-refractivity contribution is 9.10. The fraction of sp³-hybridized carbons (Fsp3) is 0.182. The van der Waals surface area contributed by atoms with E-state index in [1.807, 2.05) is 12.3 Å². The van der Waals surface area contributed by atoms with Crippen LogP contribution in [0.1, 0.15) is 15.9 Å². The average Bonchev–Trinajstić information content (AvgIpc) is 2.85. The maximum atomic E-state index is 10.8. The van der Waals surface area contributed by atoms with Gasteiger partial charge in [-0.25, -0.2) is 4.79 Å². The van der Waals surface area contributed by atoms with Gasteiger partial charge in [-0.2, -0.15) is 0 Å². The van der Waals surface area contributed by atoms with Crippen LogP contribution in [0.25, 0.3) is 0 Å². The van der Waals surface area contributed by atoms with Crippen LogP contribution in [0.3, 0.4) is 0 Å². The number of benzene rings is 1. The maximum absolute atomic E-state index is 10.8. The van der Waals surface area contributed by atoms with Crippen molar-refractivity contribution in [3.8, 4) is 0 Å². The second kappa shape index (κ2) is 6.74. The molecule has 0 aliphatic carbocycles. The summed E-state index contributed by atoms with van der Waals surface area (Å²) in [6.45, 7) is 0. The fourth-order valence-electron chi connectivity index (χ4n) is 1.27. The summed E-state index contributed by atoms with van der Waals surface area (Å²) in [7, 11) is 0. The molecule has 0 atom stereocenters. The van der Waals surface area contributed by atoms with Crippen LogP contribution in [0.15, 0.2) is 31.4 Å². The molecule has 1 aromatic heterocycles. The number of carboxylic acids is 1. The third kappa shape index (κ3) is 3.95. The van der Waals surface area contributed by atoms with E-state index >= 15 is 0 Å². The van der Waals surface area contributed by atoms with Crippen LogP contribution >= 0.6 is 50.8 Å². The summed E-state index contributed by atoms with van der Waals surface area (Å²) in [6.07, 6.45) is 1.97. The minimum Gasteiger partial charge on any atom is -0.478 e. The third-order valence-corrected chi connectivity index (χ3v) is 6.03. The number of halogens is 1. The zero-order chi connectivity index (χ0) is 13.8. The van der Waals surface area contributed by atoms with Crippen LogP contribution in [-0.4, -0.2) is 27.5 Å². The predicted octanol–water partition coefficient (Wildman–Crippen LogP) is 4.01. The van der Waals surface area contributed by atoms with Crippen molar-refractivity contribution >= 4 is 56.8 Å². The van der Waals surface area contributed by atoms with E-state index in [2.05, 4.69) is 26.1 Å². The molecule has 4 nitrogen and oxygen atoms in total. The molecule has 1 N–H and O–H groups in total. The quantitative estimate of drug-likeness (QED) is 0.795. The largest absolute Gasteiger partial charge is 0.478 e. The number of thioether (sulfide) groups is 2. The van der Waals surface area contributed by atoms with E-state index in [4.69, 9.17) is 5.11 Å². The van der Waals surface area contributed by atoms with Crippen LogP contribution in [0.4, 0.5) is 0 Å². The summed E-state index contributed by atoms with van der Waals surface area (Å²) < 4.78 is 2.66. The van der Waals surface area contributed by atoms with Crippen molar-refractivity contribution in [3.05, 3.63) is 33.8 Å². The molecule has 0 amide bonds. The van der Waals surface area contributed by atoms with Gasteiger partial charge < -0.3 is 5.11 Å². The molecule has 1 heterocycles. The molecule has 0 unspecified atom stereocenters. The van der Waals surface area contributed by atoms with E-state index in [1.54, 1.807) is 47.0 Å². The molecule has 0 aliphatic rings. The summed E-state index contributed by atoms with van der Waals surface area (Å²) in [4.78, 5) is 10.8. The van der Waals surface area contributed by atoms with Gasteiger partial charge in [0.2, 0.25) is 0 Å². The topological polar surface area (TPSA) is 63.1 Å². The Balaban J connectivity index is 2.05. The number of hydrogen-bond acceptors (Lipinski definition) is 6. The van der Waals surface area contributed by atoms with Gasteiger partial charge in [-0.1, -0.05) is 56.9 Å². The minimum atomic E-state index is -0.923. The number of carboxylic acid groups (broad SMARTS) is 1. The molecule has 0 fully saturated rings. The first-order valence-electron chi connectivity index (χ1n) is 5.12. The molecular formula is C11H9BrN2O2S3. The van der Waals surface area contributed by atoms with Gasteiger partial charge in [-0.15, -0.1) is 10.2 Å². The second-order valence-corrected chi connectivity index (χ2v) is 7.55. The first kappa shape index (κ1) is 14.8. The van der Waals surface area contributed by atoms with Crippen LogP contribution < -0.4 is 0 Å². The Morgan fingerprint density at radius 1 is 1.42 bits per heavy atom. The van der Waals surface area contributed by atoms with Crippen LogP contribution in [0, 0.1) is 0 Å². The Hall–Kier alpha value is -0.570. The Labute approximate surface area is 131 Å². The Bertz CT molecular complexity index is 603. The van der Waals surface area contributed by atoms with E-state index in [-0.39, 0.29) is 5.56 Å². The number of aromatic nitrogens is 2. The van der Waals surface area contributed by atoms with Crippen molar-refractivity contribution in [1.29, 1.82) is 0 Å². The molecule has 0 saturated heterocycles. The Morgan fingerprint density at radius 3 is 2.74 bits per heavy atom. The highest BCUT2D eigenvalue weighted by Gasteiger charge is 2.09. The SMILES string of the molecule is CSc1nnc(SCc2ccc(C(=O)O)cc2Br)s1. The van der Waals surface area contributed by atoms with Crippen LogP contribution in [-0.2, 0) is 5.75 Å². The number of nitrogens with zero attached hydrogens (tertiary/aromatic N) is 2. The minimum absolute atomic E-state index is 0.279. The van der Waals surface area contributed by atoms with E-state index in [9.17, 15) is 4.79 Å². The van der Waals surface area contributed by atoms with Crippen LogP contribution in [0.2, 0.25) is 0 Å². The molecule has 0 radical (unpaired) electrons. The van der Waals surface area contributed by atoms with Gasteiger partial charge >= 0.3 is 5.97 Å². The number of hydrogen-bond donors (Lipinski definition) is 1. The van der Waals surface area contributed by atoms with Gasteiger partial charge in [-0.3, -0.25) is 0 Å². The molecule has 1 aromatic carbocycles. The summed E-state index contributed by atoms with van der Waals surface area (Å²) >= 11 is 8.12. The highest BCUT2D eigenvalue weighted by Crippen LogP contribution is 2.31. The zero-order valence-electron chi connectivity index (χ0n) is 9.79. The van der Waals surface area contributed by atoms with Crippen molar-refractivity contribution in [2.75, 3.05) is 6.26 Å². The number of aromatic carboxylic acids is 1. The molecule has 0 saturated carbocycles. The lowest BCUT2D eigenvalue weighted by Crippen LogP contribution is -1.96. The van der Waals surface area contributed by atoms with Crippen molar-refractivity contribution in [3.63, 3.8) is 0 Å². The molecule has 0 aliphatic heterocycles. The van der Waals surface area contributed by atoms with E-state index in [0.29, 0.717) is 0 Å². The molecule has 100 valence electrons. The first-order chi connectivity index (χ1) is 9.10. The standard InChI is InChI=1S/C11H9BrN2O2S3/c1-17-10-13-14-11(19-10)18-5-7-3-2-6(9(15)16)4-8(7)12/h2-4H,5H2,1H3,(H,15,16). The average molecular weight is 377 g/mol. The first-order valence-corrected chi connectivity index (χ1v) is 8.94. The zero-order valence-corrected chi connectivity index (χ0v) is 13.8. The lowest BCUT2D eigenvalue weighted by atomic mass is 10.1. The molecule has 8 heteroatoms. The Morgan fingerprint density at radius 2 is 2.16 bits per heavy atom. The molecule has 2 aromatic rings. The highest BCUT2D eigenvalue weighted by atomic mass is 79.9. The summed E-state index contributed by atoms with van der Waals surface area (Å²) in [5.74, 6) is -0.197. The summed E-state index contributed by atoms with van der Waals surface area (Å²) in [6, 6.07) is 5.04. The lowest BCUT2D eigenvalue weighted by Gasteiger charge is -2.03. The monoisotopic (exact) mass is 376 g/mol. The van der Waals surface area contributed by atoms with Crippen molar-refractivity contribution < 1.29 is 9.90 Å². The normalized spacial score (nSPS) is 10.6. The van der Waals surface area contributed by atoms with Gasteiger partial charge in [0.1, 0.15) is 0 Å². The van der Waals surface area contributed by atoms with Gasteiger partial charge in [0, 0.05) is 10.2 Å². The molecular weight excluding hydrogens is 368 g/mol. The second-order valence-electron chi connectivity index (χ2n) is 3.44. The van der Waals surface area contributed by atoms with E-state index in [1.165, 1.54) is 0 Å². The van der Waals surface area contributed by atoms with Crippen molar-refractivity contribution in [2.24, 2.45) is 0 Å². The van der Waals surface area contributed by atoms with Gasteiger partial charge in [-0.05, 0) is 24.0 Å². The Kier molecular flexibility index (Phi) is 5.26.